The van der Waals surface area contributed by atoms with Gasteiger partial charge in [-0.3, -0.25) is 4.79 Å². The molecular formula is C24H20OPd2. The molecule has 0 fully saturated rings. The van der Waals surface area contributed by atoms with Crippen LogP contribution in [-0.2, 0) is 52.1 Å². The van der Waals surface area contributed by atoms with Crippen LogP contribution >= 0.6 is 0 Å². The smallest absolute Gasteiger partial charge is 0.182 e. The van der Waals surface area contributed by atoms with Gasteiger partial charge in [0.15, 0.2) is 5.78 Å². The zero-order chi connectivity index (χ0) is 17.3. The zero-order valence-electron chi connectivity index (χ0n) is 14.6. The molecule has 0 N–H and O–H groups in total. The maximum Gasteiger partial charge on any atom is 0.182 e. The van der Waals surface area contributed by atoms with Gasteiger partial charge in [-0.05, 0) is 28.8 Å². The normalized spacial score (nSPS) is 10.7. The van der Waals surface area contributed by atoms with E-state index in [4.69, 9.17) is 0 Å². The van der Waals surface area contributed by atoms with Crippen molar-refractivity contribution >= 4 is 17.9 Å². The summed E-state index contributed by atoms with van der Waals surface area (Å²) in [5.41, 5.74) is 3.97. The predicted molar refractivity (Wildman–Crippen MR) is 105 cm³/mol. The molecule has 3 aromatic rings. The van der Waals surface area contributed by atoms with Crippen molar-refractivity contribution < 1.29 is 45.6 Å². The minimum atomic E-state index is 0. The van der Waals surface area contributed by atoms with Gasteiger partial charge in [0.1, 0.15) is 0 Å². The van der Waals surface area contributed by atoms with E-state index in [1.54, 1.807) is 6.08 Å². The van der Waals surface area contributed by atoms with Crippen LogP contribution in [-0.4, -0.2) is 5.78 Å². The van der Waals surface area contributed by atoms with Crippen LogP contribution in [0.2, 0.25) is 0 Å². The van der Waals surface area contributed by atoms with Gasteiger partial charge in [0.2, 0.25) is 0 Å². The summed E-state index contributed by atoms with van der Waals surface area (Å²) in [7, 11) is 0. The monoisotopic (exact) mass is 536 g/mol. The topological polar surface area (TPSA) is 17.1 Å². The Morgan fingerprint density at radius 2 is 1.15 bits per heavy atom. The van der Waals surface area contributed by atoms with Crippen molar-refractivity contribution in [1.29, 1.82) is 0 Å². The number of benzene rings is 3. The molecule has 3 aromatic carbocycles. The fourth-order valence-corrected chi connectivity index (χ4v) is 2.62. The first-order valence-electron chi connectivity index (χ1n) is 8.38. The van der Waals surface area contributed by atoms with Gasteiger partial charge in [0.05, 0.1) is 0 Å². The largest absolute Gasteiger partial charge is 0.290 e. The van der Waals surface area contributed by atoms with Gasteiger partial charge in [0, 0.05) is 52.8 Å². The van der Waals surface area contributed by atoms with Gasteiger partial charge in [-0.1, -0.05) is 97.1 Å². The molecular weight excluding hydrogens is 517 g/mol. The third-order valence-corrected chi connectivity index (χ3v) is 3.92. The Hall–Kier alpha value is -1.87. The minimum Gasteiger partial charge on any atom is -0.290 e. The molecule has 0 radical (unpaired) electrons. The fourth-order valence-electron chi connectivity index (χ4n) is 2.62. The van der Waals surface area contributed by atoms with Crippen LogP contribution in [0.25, 0.3) is 12.2 Å². The number of allylic oxidation sites excluding steroid dienone is 2. The Balaban J connectivity index is 0.00000182. The van der Waals surface area contributed by atoms with Gasteiger partial charge in [-0.2, -0.15) is 0 Å². The van der Waals surface area contributed by atoms with Crippen LogP contribution in [0.1, 0.15) is 16.7 Å². The van der Waals surface area contributed by atoms with Gasteiger partial charge in [-0.25, -0.2) is 0 Å². The molecule has 1 nitrogen and oxygen atoms in total. The maximum absolute atomic E-state index is 12.8. The summed E-state index contributed by atoms with van der Waals surface area (Å²) in [6.45, 7) is 0. The summed E-state index contributed by atoms with van der Waals surface area (Å²) in [5.74, 6) is 0.0385. The van der Waals surface area contributed by atoms with Gasteiger partial charge in [0.25, 0.3) is 0 Å². The number of carbonyl (C=O) groups is 1. The molecule has 0 atom stereocenters. The average Bonchev–Trinajstić information content (AvgIpc) is 2.68. The Kier molecular flexibility index (Phi) is 10.7. The second-order valence-electron chi connectivity index (χ2n) is 5.85. The Bertz CT molecular complexity index is 870. The number of hydrogen-bond donors (Lipinski definition) is 0. The van der Waals surface area contributed by atoms with Crippen molar-refractivity contribution in [2.75, 3.05) is 0 Å². The summed E-state index contributed by atoms with van der Waals surface area (Å²) in [4.78, 5) is 12.8. The maximum atomic E-state index is 12.8. The van der Waals surface area contributed by atoms with Gasteiger partial charge in [-0.15, -0.1) is 0 Å². The van der Waals surface area contributed by atoms with Gasteiger partial charge >= 0.3 is 0 Å². The summed E-state index contributed by atoms with van der Waals surface area (Å²) >= 11 is 0. The molecule has 0 heterocycles. The molecule has 3 heteroatoms. The van der Waals surface area contributed by atoms with E-state index in [0.29, 0.717) is 6.42 Å². The van der Waals surface area contributed by atoms with E-state index in [1.165, 1.54) is 0 Å². The third-order valence-electron chi connectivity index (χ3n) is 3.92. The van der Waals surface area contributed by atoms with Crippen LogP contribution < -0.4 is 0 Å². The Labute approximate surface area is 188 Å². The van der Waals surface area contributed by atoms with Crippen molar-refractivity contribution in [1.82, 2.24) is 0 Å². The zero-order valence-corrected chi connectivity index (χ0v) is 17.7. The SMILES string of the molecule is O=C(C=Cc1ccccc1)C(=Cc1ccccc1)Cc1ccccc1.[Pd].[Pd]. The van der Waals surface area contributed by atoms with E-state index in [-0.39, 0.29) is 46.6 Å². The summed E-state index contributed by atoms with van der Waals surface area (Å²) in [6.07, 6.45) is 6.12. The minimum absolute atomic E-state index is 0. The van der Waals surface area contributed by atoms with E-state index in [2.05, 4.69) is 0 Å². The number of rotatable bonds is 6. The number of carbonyl (C=O) groups excluding carboxylic acids is 1. The molecule has 142 valence electrons. The Morgan fingerprint density at radius 1 is 0.667 bits per heavy atom. The van der Waals surface area contributed by atoms with Crippen molar-refractivity contribution in [3.05, 3.63) is 119 Å². The predicted octanol–water partition coefficient (Wildman–Crippen LogP) is 5.59. The third kappa shape index (κ3) is 7.72. The van der Waals surface area contributed by atoms with E-state index in [1.807, 2.05) is 103 Å². The molecule has 0 aliphatic rings. The summed E-state index contributed by atoms with van der Waals surface area (Å²) < 4.78 is 0. The van der Waals surface area contributed by atoms with Crippen LogP contribution in [0.15, 0.2) is 103 Å². The standard InChI is InChI=1S/C24H20O.2Pd/c25-24(17-16-20-10-4-1-5-11-20)23(18-21-12-6-2-7-13-21)19-22-14-8-3-9-15-22;;/h1-18H,19H2;;. The van der Waals surface area contributed by atoms with Crippen molar-refractivity contribution in [2.24, 2.45) is 0 Å². The van der Waals surface area contributed by atoms with Crippen molar-refractivity contribution in [3.63, 3.8) is 0 Å². The number of hydrogen-bond acceptors (Lipinski definition) is 1. The first-order valence-corrected chi connectivity index (χ1v) is 8.38. The van der Waals surface area contributed by atoms with Crippen LogP contribution in [0.4, 0.5) is 0 Å². The van der Waals surface area contributed by atoms with Crippen molar-refractivity contribution in [3.8, 4) is 0 Å². The van der Waals surface area contributed by atoms with E-state index < -0.39 is 0 Å². The molecule has 0 aliphatic heterocycles. The van der Waals surface area contributed by atoms with Gasteiger partial charge < -0.3 is 0 Å². The quantitative estimate of drug-likeness (QED) is 0.296. The van der Waals surface area contributed by atoms with Crippen LogP contribution in [0.5, 0.6) is 0 Å². The van der Waals surface area contributed by atoms with Crippen LogP contribution in [0.3, 0.4) is 0 Å². The molecule has 0 bridgehead atoms. The first-order chi connectivity index (χ1) is 12.3. The molecule has 0 amide bonds. The molecule has 0 saturated heterocycles. The number of ketones is 1. The second-order valence-corrected chi connectivity index (χ2v) is 5.85. The first kappa shape index (κ1) is 23.2. The van der Waals surface area contributed by atoms with Crippen molar-refractivity contribution in [2.45, 2.75) is 6.42 Å². The molecule has 0 unspecified atom stereocenters. The molecule has 0 saturated carbocycles. The molecule has 0 spiro atoms. The molecule has 0 aromatic heterocycles. The van der Waals surface area contributed by atoms with Crippen LogP contribution in [0, 0.1) is 0 Å². The summed E-state index contributed by atoms with van der Waals surface area (Å²) in [5, 5.41) is 0. The molecule has 27 heavy (non-hydrogen) atoms. The molecule has 0 aliphatic carbocycles. The molecule has 3 rings (SSSR count). The van der Waals surface area contributed by atoms with E-state index in [0.717, 1.165) is 22.3 Å². The fraction of sp³-hybridized carbons (Fsp3) is 0.0417. The van der Waals surface area contributed by atoms with E-state index in [9.17, 15) is 4.79 Å². The van der Waals surface area contributed by atoms with E-state index >= 15 is 0 Å². The Morgan fingerprint density at radius 3 is 1.70 bits per heavy atom. The second kappa shape index (κ2) is 12.5. The summed E-state index contributed by atoms with van der Waals surface area (Å²) in [6, 6.07) is 29.9. The average molecular weight is 537 g/mol.